The Kier molecular flexibility index (Phi) is 7.46. The first-order valence-corrected chi connectivity index (χ1v) is 7.39. The van der Waals surface area contributed by atoms with Gasteiger partial charge in [-0.15, -0.1) is 0 Å². The summed E-state index contributed by atoms with van der Waals surface area (Å²) in [6.45, 7) is 5.84. The van der Waals surface area contributed by atoms with Crippen LogP contribution in [0.25, 0.3) is 6.08 Å². The van der Waals surface area contributed by atoms with Crippen LogP contribution in [-0.2, 0) is 9.53 Å². The van der Waals surface area contributed by atoms with Gasteiger partial charge in [-0.1, -0.05) is 18.2 Å². The fourth-order valence-corrected chi connectivity index (χ4v) is 2.05. The second kappa shape index (κ2) is 9.13. The number of hydrogen-bond acceptors (Lipinski definition) is 4. The Balaban J connectivity index is 2.38. The van der Waals surface area contributed by atoms with E-state index in [9.17, 15) is 9.90 Å². The lowest BCUT2D eigenvalue weighted by atomic mass is 10.1. The fourth-order valence-electron chi connectivity index (χ4n) is 1.71. The highest BCUT2D eigenvalue weighted by molar-refractivity contribution is 7.80. The van der Waals surface area contributed by atoms with Crippen LogP contribution in [0.15, 0.2) is 30.3 Å². The zero-order chi connectivity index (χ0) is 15.7. The van der Waals surface area contributed by atoms with Gasteiger partial charge in [0.05, 0.1) is 6.61 Å². The molecule has 1 aromatic carbocycles. The van der Waals surface area contributed by atoms with E-state index >= 15 is 0 Å². The Hall–Kier alpha value is -1.88. The number of nitrogens with zero attached hydrogens (tertiary/aromatic N) is 1. The van der Waals surface area contributed by atoms with Crippen molar-refractivity contribution in [3.8, 4) is 5.75 Å². The maximum Gasteiger partial charge on any atom is 0.259 e. The van der Waals surface area contributed by atoms with Crippen LogP contribution >= 0.6 is 12.2 Å². The fraction of sp³-hybridized carbons (Fsp3) is 0.375. The highest BCUT2D eigenvalue weighted by Crippen LogP contribution is 2.16. The highest BCUT2D eigenvalue weighted by atomic mass is 32.1. The number of allylic oxidation sites excluding steroid dienone is 1. The van der Waals surface area contributed by atoms with Crippen LogP contribution in [0.4, 0.5) is 0 Å². The first-order chi connectivity index (χ1) is 10.1. The van der Waals surface area contributed by atoms with Crippen molar-refractivity contribution in [2.24, 2.45) is 0 Å². The minimum Gasteiger partial charge on any atom is -0.507 e. The lowest BCUT2D eigenvalue weighted by molar-refractivity contribution is -0.115. The van der Waals surface area contributed by atoms with E-state index < -0.39 is 0 Å². The Morgan fingerprint density at radius 3 is 2.62 bits per heavy atom. The summed E-state index contributed by atoms with van der Waals surface area (Å²) < 4.78 is 5.39. The molecule has 0 aliphatic heterocycles. The van der Waals surface area contributed by atoms with Crippen LogP contribution in [0, 0.1) is 0 Å². The molecule has 0 bridgehead atoms. The van der Waals surface area contributed by atoms with Crippen LogP contribution < -0.4 is 0 Å². The van der Waals surface area contributed by atoms with Gasteiger partial charge in [-0.05, 0) is 44.3 Å². The number of rotatable bonds is 7. The molecule has 4 nitrogen and oxygen atoms in total. The third-order valence-corrected chi connectivity index (χ3v) is 3.36. The molecule has 0 atom stereocenters. The van der Waals surface area contributed by atoms with Gasteiger partial charge in [-0.3, -0.25) is 4.79 Å². The van der Waals surface area contributed by atoms with E-state index in [2.05, 4.69) is 0 Å². The minimum absolute atomic E-state index is 0.0689. The highest BCUT2D eigenvalue weighted by Gasteiger charge is 2.06. The second-order valence-corrected chi connectivity index (χ2v) is 4.74. The van der Waals surface area contributed by atoms with E-state index in [1.165, 1.54) is 6.08 Å². The summed E-state index contributed by atoms with van der Waals surface area (Å²) in [5, 5.41) is 10.0. The molecule has 21 heavy (non-hydrogen) atoms. The van der Waals surface area contributed by atoms with Crippen molar-refractivity contribution in [2.75, 3.05) is 19.7 Å². The molecule has 0 fully saturated rings. The molecule has 0 radical (unpaired) electrons. The molecule has 0 saturated heterocycles. The smallest absolute Gasteiger partial charge is 0.259 e. The van der Waals surface area contributed by atoms with Crippen LogP contribution in [0.2, 0.25) is 0 Å². The zero-order valence-electron chi connectivity index (χ0n) is 12.4. The van der Waals surface area contributed by atoms with Crippen LogP contribution in [0.1, 0.15) is 25.8 Å². The Morgan fingerprint density at radius 2 is 2.00 bits per heavy atom. The van der Waals surface area contributed by atoms with Gasteiger partial charge < -0.3 is 14.7 Å². The van der Waals surface area contributed by atoms with Gasteiger partial charge in [0, 0.05) is 25.1 Å². The third kappa shape index (κ3) is 5.95. The van der Waals surface area contributed by atoms with E-state index in [1.54, 1.807) is 30.3 Å². The van der Waals surface area contributed by atoms with E-state index in [0.29, 0.717) is 10.7 Å². The van der Waals surface area contributed by atoms with Crippen LogP contribution in [-0.4, -0.2) is 40.7 Å². The monoisotopic (exact) mass is 307 g/mol. The van der Waals surface area contributed by atoms with E-state index in [0.717, 1.165) is 13.1 Å². The van der Waals surface area contributed by atoms with Crippen molar-refractivity contribution in [3.05, 3.63) is 35.9 Å². The van der Waals surface area contributed by atoms with Crippen LogP contribution in [0.3, 0.4) is 0 Å². The van der Waals surface area contributed by atoms with Gasteiger partial charge in [0.1, 0.15) is 5.75 Å². The second-order valence-electron chi connectivity index (χ2n) is 4.40. The first kappa shape index (κ1) is 17.2. The molecule has 5 heteroatoms. The molecule has 1 aromatic rings. The Morgan fingerprint density at radius 1 is 1.33 bits per heavy atom. The molecule has 114 valence electrons. The summed E-state index contributed by atoms with van der Waals surface area (Å²) in [4.78, 5) is 13.6. The third-order valence-electron chi connectivity index (χ3n) is 2.98. The molecule has 1 N–H and O–H groups in total. The van der Waals surface area contributed by atoms with Gasteiger partial charge >= 0.3 is 0 Å². The number of carbonyl (C=O) groups is 1. The standard InChI is InChI=1S/C16H21NO3S/c1-3-17(4-2)16(21)20-12-11-14(18)10-9-13-7-5-6-8-15(13)19/h5-10,19H,3-4,11-12H2,1-2H3. The van der Waals surface area contributed by atoms with E-state index in [4.69, 9.17) is 17.0 Å². The van der Waals surface area contributed by atoms with Crippen molar-refractivity contribution in [1.82, 2.24) is 4.90 Å². The van der Waals surface area contributed by atoms with Crippen molar-refractivity contribution in [1.29, 1.82) is 0 Å². The average molecular weight is 307 g/mol. The van der Waals surface area contributed by atoms with Gasteiger partial charge in [0.15, 0.2) is 5.78 Å². The number of benzene rings is 1. The van der Waals surface area contributed by atoms with E-state index in [1.807, 2.05) is 18.7 Å². The topological polar surface area (TPSA) is 49.8 Å². The average Bonchev–Trinajstić information content (AvgIpc) is 2.47. The number of phenols is 1. The molecule has 0 unspecified atom stereocenters. The molecular weight excluding hydrogens is 286 g/mol. The lowest BCUT2D eigenvalue weighted by Gasteiger charge is -2.20. The predicted molar refractivity (Wildman–Crippen MR) is 88.2 cm³/mol. The molecule has 1 rings (SSSR count). The molecule has 0 spiro atoms. The number of carbonyl (C=O) groups excluding carboxylic acids is 1. The number of para-hydroxylation sites is 1. The van der Waals surface area contributed by atoms with Gasteiger partial charge in [-0.25, -0.2) is 0 Å². The maximum atomic E-state index is 11.7. The minimum atomic E-state index is -0.0689. The first-order valence-electron chi connectivity index (χ1n) is 6.99. The number of thiocarbonyl (C=S) groups is 1. The molecular formula is C16H21NO3S. The summed E-state index contributed by atoms with van der Waals surface area (Å²) >= 11 is 5.13. The number of hydrogen-bond donors (Lipinski definition) is 1. The summed E-state index contributed by atoms with van der Waals surface area (Å²) in [6, 6.07) is 6.85. The molecule has 0 aliphatic carbocycles. The van der Waals surface area contributed by atoms with Crippen molar-refractivity contribution in [3.63, 3.8) is 0 Å². The normalized spacial score (nSPS) is 10.6. The molecule has 0 saturated carbocycles. The number of aromatic hydroxyl groups is 1. The molecule has 0 aromatic heterocycles. The number of ether oxygens (including phenoxy) is 1. The largest absolute Gasteiger partial charge is 0.507 e. The SMILES string of the molecule is CCN(CC)C(=S)OCCC(=O)C=Cc1ccccc1O. The predicted octanol–water partition coefficient (Wildman–Crippen LogP) is 3.01. The van der Waals surface area contributed by atoms with Gasteiger partial charge in [0.2, 0.25) is 0 Å². The summed E-state index contributed by atoms with van der Waals surface area (Å²) in [7, 11) is 0. The lowest BCUT2D eigenvalue weighted by Crippen LogP contribution is -2.31. The van der Waals surface area contributed by atoms with Gasteiger partial charge in [-0.2, -0.15) is 0 Å². The number of phenolic OH excluding ortho intramolecular Hbond substituents is 1. The van der Waals surface area contributed by atoms with E-state index in [-0.39, 0.29) is 24.6 Å². The van der Waals surface area contributed by atoms with Crippen molar-refractivity contribution < 1.29 is 14.6 Å². The summed E-state index contributed by atoms with van der Waals surface area (Å²) in [5.74, 6) is 0.0844. The Labute approximate surface area is 131 Å². The zero-order valence-corrected chi connectivity index (χ0v) is 13.2. The molecule has 0 amide bonds. The molecule has 0 aliphatic rings. The number of ketones is 1. The Bertz CT molecular complexity index is 510. The quantitative estimate of drug-likeness (QED) is 0.620. The summed E-state index contributed by atoms with van der Waals surface area (Å²) in [6.07, 6.45) is 3.30. The van der Waals surface area contributed by atoms with Crippen LogP contribution in [0.5, 0.6) is 5.75 Å². The van der Waals surface area contributed by atoms with Gasteiger partial charge in [0.25, 0.3) is 5.17 Å². The van der Waals surface area contributed by atoms with Crippen molar-refractivity contribution >= 4 is 29.3 Å². The molecule has 0 heterocycles. The maximum absolute atomic E-state index is 11.7. The van der Waals surface area contributed by atoms with Crippen molar-refractivity contribution in [2.45, 2.75) is 20.3 Å². The summed E-state index contributed by atoms with van der Waals surface area (Å²) in [5.41, 5.74) is 0.616.